The predicted molar refractivity (Wildman–Crippen MR) is 106 cm³/mol. The maximum atomic E-state index is 11.4. The number of hydrogen-bond donors (Lipinski definition) is 2. The smallest absolute Gasteiger partial charge is 0.191 e. The Morgan fingerprint density at radius 2 is 2.12 bits per heavy atom. The Morgan fingerprint density at radius 1 is 1.35 bits per heavy atom. The molecule has 0 bridgehead atoms. The van der Waals surface area contributed by atoms with Crippen LogP contribution in [0.15, 0.2) is 27.8 Å². The zero-order valence-electron chi connectivity index (χ0n) is 16.0. The summed E-state index contributed by atoms with van der Waals surface area (Å²) in [7, 11) is -2.94. The fraction of sp³-hybridized carbons (Fsp3) is 0.737. The van der Waals surface area contributed by atoms with Crippen molar-refractivity contribution in [3.63, 3.8) is 0 Å². The fourth-order valence-electron chi connectivity index (χ4n) is 3.20. The molecule has 0 aromatic carbocycles. The Morgan fingerprint density at radius 3 is 2.77 bits per heavy atom. The lowest BCUT2D eigenvalue weighted by Gasteiger charge is -2.22. The van der Waals surface area contributed by atoms with E-state index in [0.717, 1.165) is 31.2 Å². The van der Waals surface area contributed by atoms with E-state index in [1.165, 1.54) is 38.4 Å². The van der Waals surface area contributed by atoms with Crippen LogP contribution in [0.4, 0.5) is 0 Å². The summed E-state index contributed by atoms with van der Waals surface area (Å²) in [5, 5.41) is 6.71. The van der Waals surface area contributed by atoms with Gasteiger partial charge in [-0.15, -0.1) is 0 Å². The second-order valence-corrected chi connectivity index (χ2v) is 9.67. The van der Waals surface area contributed by atoms with Crippen LogP contribution in [0, 0.1) is 5.92 Å². The SMILES string of the molecule is CC(CCS(C)(=O)=O)NC(=NCC1CCCCC1)NCCc1ccco1. The van der Waals surface area contributed by atoms with E-state index in [9.17, 15) is 8.42 Å². The van der Waals surface area contributed by atoms with Gasteiger partial charge < -0.3 is 15.1 Å². The molecule has 2 N–H and O–H groups in total. The molecular weight excluding hydrogens is 350 g/mol. The van der Waals surface area contributed by atoms with E-state index in [2.05, 4.69) is 10.6 Å². The summed E-state index contributed by atoms with van der Waals surface area (Å²) in [6.07, 6.45) is 10.8. The minimum absolute atomic E-state index is 0.0472. The van der Waals surface area contributed by atoms with Crippen molar-refractivity contribution in [1.82, 2.24) is 10.6 Å². The number of rotatable bonds is 9. The highest BCUT2D eigenvalue weighted by Gasteiger charge is 2.14. The van der Waals surface area contributed by atoms with Gasteiger partial charge in [-0.25, -0.2) is 8.42 Å². The molecule has 2 rings (SSSR count). The number of nitrogens with one attached hydrogen (secondary N) is 2. The Balaban J connectivity index is 1.85. The molecule has 6 nitrogen and oxygen atoms in total. The molecule has 1 heterocycles. The molecular formula is C19H33N3O3S. The quantitative estimate of drug-likeness (QED) is 0.506. The number of hydrogen-bond acceptors (Lipinski definition) is 4. The average molecular weight is 384 g/mol. The summed E-state index contributed by atoms with van der Waals surface area (Å²) in [5.74, 6) is 2.56. The summed E-state index contributed by atoms with van der Waals surface area (Å²) in [6, 6.07) is 3.90. The first-order valence-electron chi connectivity index (χ1n) is 9.67. The van der Waals surface area contributed by atoms with E-state index in [1.54, 1.807) is 6.26 Å². The van der Waals surface area contributed by atoms with Gasteiger partial charge in [0.05, 0.1) is 12.0 Å². The van der Waals surface area contributed by atoms with Crippen LogP contribution in [0.3, 0.4) is 0 Å². The van der Waals surface area contributed by atoms with Gasteiger partial charge in [-0.1, -0.05) is 19.3 Å². The highest BCUT2D eigenvalue weighted by atomic mass is 32.2. The van der Waals surface area contributed by atoms with Gasteiger partial charge in [-0.2, -0.15) is 0 Å². The van der Waals surface area contributed by atoms with Crippen LogP contribution >= 0.6 is 0 Å². The van der Waals surface area contributed by atoms with Gasteiger partial charge in [-0.05, 0) is 44.2 Å². The molecule has 0 saturated heterocycles. The number of nitrogens with zero attached hydrogens (tertiary/aromatic N) is 1. The van der Waals surface area contributed by atoms with Crippen molar-refractivity contribution in [2.75, 3.05) is 25.1 Å². The maximum Gasteiger partial charge on any atom is 0.191 e. The van der Waals surface area contributed by atoms with E-state index >= 15 is 0 Å². The number of furan rings is 1. The Hall–Kier alpha value is -1.50. The zero-order valence-corrected chi connectivity index (χ0v) is 16.9. The lowest BCUT2D eigenvalue weighted by atomic mass is 9.89. The van der Waals surface area contributed by atoms with E-state index in [0.29, 0.717) is 12.3 Å². The summed E-state index contributed by atoms with van der Waals surface area (Å²) < 4.78 is 28.1. The van der Waals surface area contributed by atoms with Crippen LogP contribution in [-0.2, 0) is 16.3 Å². The molecule has 26 heavy (non-hydrogen) atoms. The number of aliphatic imine (C=N–C) groups is 1. The molecule has 7 heteroatoms. The fourth-order valence-corrected chi connectivity index (χ4v) is 3.98. The zero-order chi connectivity index (χ0) is 18.8. The van der Waals surface area contributed by atoms with E-state index in [-0.39, 0.29) is 11.8 Å². The monoisotopic (exact) mass is 383 g/mol. The molecule has 1 atom stereocenters. The van der Waals surface area contributed by atoms with Crippen LogP contribution < -0.4 is 10.6 Å². The molecule has 1 saturated carbocycles. The van der Waals surface area contributed by atoms with Crippen molar-refractivity contribution >= 4 is 15.8 Å². The van der Waals surface area contributed by atoms with Gasteiger partial charge in [-0.3, -0.25) is 4.99 Å². The minimum Gasteiger partial charge on any atom is -0.469 e. The molecule has 1 fully saturated rings. The highest BCUT2D eigenvalue weighted by molar-refractivity contribution is 7.90. The van der Waals surface area contributed by atoms with Crippen LogP contribution in [0.2, 0.25) is 0 Å². The van der Waals surface area contributed by atoms with Crippen molar-refractivity contribution in [1.29, 1.82) is 0 Å². The highest BCUT2D eigenvalue weighted by Crippen LogP contribution is 2.23. The first-order valence-corrected chi connectivity index (χ1v) is 11.7. The van der Waals surface area contributed by atoms with Crippen LogP contribution in [0.25, 0.3) is 0 Å². The molecule has 1 unspecified atom stereocenters. The maximum absolute atomic E-state index is 11.4. The van der Waals surface area contributed by atoms with Gasteiger partial charge >= 0.3 is 0 Å². The van der Waals surface area contributed by atoms with Crippen molar-refractivity contribution < 1.29 is 12.8 Å². The molecule has 0 radical (unpaired) electrons. The first-order chi connectivity index (χ1) is 12.4. The molecule has 1 aliphatic carbocycles. The molecule has 1 aromatic rings. The van der Waals surface area contributed by atoms with Crippen molar-refractivity contribution in [2.45, 2.75) is 57.9 Å². The lowest BCUT2D eigenvalue weighted by Crippen LogP contribution is -2.44. The van der Waals surface area contributed by atoms with Crippen LogP contribution in [-0.4, -0.2) is 45.5 Å². The van der Waals surface area contributed by atoms with Gasteiger partial charge in [0.15, 0.2) is 5.96 Å². The normalized spacial score (nSPS) is 17.8. The third kappa shape index (κ3) is 8.74. The van der Waals surface area contributed by atoms with Gasteiger partial charge in [0, 0.05) is 31.8 Å². The second-order valence-electron chi connectivity index (χ2n) is 7.41. The second kappa shape index (κ2) is 10.6. The standard InChI is InChI=1S/C19H33N3O3S/c1-16(11-14-26(2,23)24)22-19(20-12-10-18-9-6-13-25-18)21-15-17-7-4-3-5-8-17/h6,9,13,16-17H,3-5,7-8,10-12,14-15H2,1-2H3,(H2,20,21,22). The van der Waals surface area contributed by atoms with Crippen LogP contribution in [0.5, 0.6) is 0 Å². The molecule has 1 aliphatic rings. The van der Waals surface area contributed by atoms with Gasteiger partial charge in [0.2, 0.25) is 0 Å². The average Bonchev–Trinajstić information content (AvgIpc) is 3.11. The van der Waals surface area contributed by atoms with Gasteiger partial charge in [0.25, 0.3) is 0 Å². The topological polar surface area (TPSA) is 83.7 Å². The number of guanidine groups is 1. The molecule has 0 aliphatic heterocycles. The summed E-state index contributed by atoms with van der Waals surface area (Å²) in [6.45, 7) is 3.55. The van der Waals surface area contributed by atoms with E-state index in [1.807, 2.05) is 19.1 Å². The Labute approximate surface area is 157 Å². The van der Waals surface area contributed by atoms with Crippen molar-refractivity contribution in [3.8, 4) is 0 Å². The van der Waals surface area contributed by atoms with Gasteiger partial charge in [0.1, 0.15) is 15.6 Å². The summed E-state index contributed by atoms with van der Waals surface area (Å²) in [5.41, 5.74) is 0. The molecule has 0 amide bonds. The third-order valence-corrected chi connectivity index (χ3v) is 5.76. The molecule has 148 valence electrons. The third-order valence-electron chi connectivity index (χ3n) is 4.78. The Bertz CT molecular complexity index is 635. The summed E-state index contributed by atoms with van der Waals surface area (Å²) >= 11 is 0. The number of sulfone groups is 1. The molecule has 1 aromatic heterocycles. The van der Waals surface area contributed by atoms with Crippen molar-refractivity contribution in [3.05, 3.63) is 24.2 Å². The van der Waals surface area contributed by atoms with Crippen LogP contribution in [0.1, 0.15) is 51.2 Å². The minimum atomic E-state index is -2.94. The predicted octanol–water partition coefficient (Wildman–Crippen LogP) is 2.76. The summed E-state index contributed by atoms with van der Waals surface area (Å²) in [4.78, 5) is 4.77. The lowest BCUT2D eigenvalue weighted by molar-refractivity contribution is 0.366. The van der Waals surface area contributed by atoms with E-state index < -0.39 is 9.84 Å². The molecule has 0 spiro atoms. The largest absolute Gasteiger partial charge is 0.469 e. The van der Waals surface area contributed by atoms with Crippen molar-refractivity contribution in [2.24, 2.45) is 10.9 Å². The van der Waals surface area contributed by atoms with E-state index in [4.69, 9.17) is 9.41 Å². The Kier molecular flexibility index (Phi) is 8.48. The first kappa shape index (κ1) is 20.8.